The van der Waals surface area contributed by atoms with Crippen LogP contribution >= 0.6 is 0 Å². The van der Waals surface area contributed by atoms with Crippen molar-refractivity contribution in [2.45, 2.75) is 18.5 Å². The summed E-state index contributed by atoms with van der Waals surface area (Å²) in [5.41, 5.74) is 0.546. The summed E-state index contributed by atoms with van der Waals surface area (Å²) in [5.74, 6) is 0.180. The van der Waals surface area contributed by atoms with Gasteiger partial charge in [0, 0.05) is 17.5 Å². The fourth-order valence-electron chi connectivity index (χ4n) is 3.78. The van der Waals surface area contributed by atoms with Crippen molar-refractivity contribution in [1.82, 2.24) is 15.2 Å². The van der Waals surface area contributed by atoms with E-state index < -0.39 is 11.6 Å². The number of fused-ring (bicyclic) bond motifs is 2. The molecule has 0 aliphatic carbocycles. The molecule has 2 aliphatic heterocycles. The molecule has 2 aliphatic rings. The predicted molar refractivity (Wildman–Crippen MR) is 99.2 cm³/mol. The molecule has 0 bridgehead atoms. The van der Waals surface area contributed by atoms with Gasteiger partial charge in [0.1, 0.15) is 17.8 Å². The second-order valence-corrected chi connectivity index (χ2v) is 6.97. The Bertz CT molecular complexity index is 1110. The molecule has 1 saturated heterocycles. The van der Waals surface area contributed by atoms with Crippen molar-refractivity contribution >= 4 is 11.9 Å². The van der Waals surface area contributed by atoms with E-state index >= 15 is 0 Å². The normalized spacial score (nSPS) is 20.5. The van der Waals surface area contributed by atoms with E-state index in [2.05, 4.69) is 10.3 Å². The lowest BCUT2D eigenvalue weighted by Gasteiger charge is -2.33. The van der Waals surface area contributed by atoms with Gasteiger partial charge in [0.25, 0.3) is 5.91 Å². The quantitative estimate of drug-likeness (QED) is 0.691. The van der Waals surface area contributed by atoms with Crippen LogP contribution in [0.2, 0.25) is 0 Å². The number of carbonyl (C=O) groups excluding carboxylic acids is 2. The molecular formula is C21H16FN3O4. The van der Waals surface area contributed by atoms with Crippen molar-refractivity contribution < 1.29 is 23.1 Å². The van der Waals surface area contributed by atoms with E-state index in [1.54, 1.807) is 24.3 Å². The van der Waals surface area contributed by atoms with E-state index in [4.69, 9.17) is 9.15 Å². The largest absolute Gasteiger partial charge is 0.493 e. The second kappa shape index (κ2) is 6.44. The SMILES string of the molecule is O=C1N[C@]2(CCOc3ccccc32)C(=O)N1Cc1coc(-c2ccc(F)cc2)n1. The molecule has 0 saturated carbocycles. The predicted octanol–water partition coefficient (Wildman–Crippen LogP) is 3.21. The Morgan fingerprint density at radius 3 is 2.76 bits per heavy atom. The van der Waals surface area contributed by atoms with Crippen LogP contribution in [0.5, 0.6) is 5.75 Å². The molecule has 1 fully saturated rings. The van der Waals surface area contributed by atoms with Crippen LogP contribution in [0.4, 0.5) is 9.18 Å². The van der Waals surface area contributed by atoms with Crippen LogP contribution in [0.1, 0.15) is 17.7 Å². The second-order valence-electron chi connectivity index (χ2n) is 6.97. The average Bonchev–Trinajstić information content (AvgIpc) is 3.29. The zero-order valence-corrected chi connectivity index (χ0v) is 15.2. The van der Waals surface area contributed by atoms with Crippen molar-refractivity contribution in [2.24, 2.45) is 0 Å². The number of urea groups is 1. The van der Waals surface area contributed by atoms with Crippen LogP contribution in [0, 0.1) is 5.82 Å². The minimum atomic E-state index is -1.13. The molecule has 0 radical (unpaired) electrons. The van der Waals surface area contributed by atoms with Gasteiger partial charge >= 0.3 is 6.03 Å². The highest BCUT2D eigenvalue weighted by Gasteiger charge is 2.54. The number of nitrogens with one attached hydrogen (secondary N) is 1. The van der Waals surface area contributed by atoms with Gasteiger partial charge in [-0.15, -0.1) is 0 Å². The van der Waals surface area contributed by atoms with Crippen molar-refractivity contribution in [3.63, 3.8) is 0 Å². The molecule has 3 aromatic rings. The molecule has 1 N–H and O–H groups in total. The number of halogens is 1. The Kier molecular flexibility index (Phi) is 3.87. The summed E-state index contributed by atoms with van der Waals surface area (Å²) < 4.78 is 24.2. The molecule has 7 nitrogen and oxygen atoms in total. The summed E-state index contributed by atoms with van der Waals surface area (Å²) in [6.45, 7) is 0.301. The molecular weight excluding hydrogens is 377 g/mol. The maximum absolute atomic E-state index is 13.3. The Hall–Kier alpha value is -3.68. The van der Waals surface area contributed by atoms with Gasteiger partial charge in [0.15, 0.2) is 5.54 Å². The Morgan fingerprint density at radius 2 is 1.93 bits per heavy atom. The van der Waals surface area contributed by atoms with Crippen LogP contribution in [0.3, 0.4) is 0 Å². The monoisotopic (exact) mass is 393 g/mol. The highest BCUT2D eigenvalue weighted by Crippen LogP contribution is 2.41. The molecule has 5 rings (SSSR count). The van der Waals surface area contributed by atoms with Crippen molar-refractivity contribution in [3.8, 4) is 17.2 Å². The first kappa shape index (κ1) is 17.4. The number of imide groups is 1. The molecule has 2 aromatic carbocycles. The Labute approximate surface area is 165 Å². The van der Waals surface area contributed by atoms with Crippen molar-refractivity contribution in [1.29, 1.82) is 0 Å². The lowest BCUT2D eigenvalue weighted by Crippen LogP contribution is -2.47. The van der Waals surface area contributed by atoms with Crippen molar-refractivity contribution in [3.05, 3.63) is 71.9 Å². The minimum absolute atomic E-state index is 0.0276. The highest BCUT2D eigenvalue weighted by molar-refractivity contribution is 6.07. The zero-order chi connectivity index (χ0) is 20.0. The average molecular weight is 393 g/mol. The van der Waals surface area contributed by atoms with E-state index in [1.165, 1.54) is 18.4 Å². The van der Waals surface area contributed by atoms with Gasteiger partial charge in [-0.1, -0.05) is 18.2 Å². The maximum atomic E-state index is 13.3. The zero-order valence-electron chi connectivity index (χ0n) is 15.2. The molecule has 8 heteroatoms. The number of nitrogens with zero attached hydrogens (tertiary/aromatic N) is 2. The molecule has 3 amide bonds. The number of oxazole rings is 1. The van der Waals surface area contributed by atoms with E-state index in [-0.39, 0.29) is 24.2 Å². The number of hydrogen-bond acceptors (Lipinski definition) is 5. The number of hydrogen-bond donors (Lipinski definition) is 1. The third kappa shape index (κ3) is 2.75. The molecule has 146 valence electrons. The fraction of sp³-hybridized carbons (Fsp3) is 0.190. The minimum Gasteiger partial charge on any atom is -0.493 e. The third-order valence-corrected chi connectivity index (χ3v) is 5.22. The lowest BCUT2D eigenvalue weighted by atomic mass is 9.84. The smallest absolute Gasteiger partial charge is 0.325 e. The number of benzene rings is 2. The van der Waals surface area contributed by atoms with Crippen LogP contribution in [0.15, 0.2) is 59.2 Å². The number of rotatable bonds is 3. The van der Waals surface area contributed by atoms with Gasteiger partial charge in [0.2, 0.25) is 5.89 Å². The van der Waals surface area contributed by atoms with Gasteiger partial charge in [-0.3, -0.25) is 9.69 Å². The summed E-state index contributed by atoms with van der Waals surface area (Å²) in [4.78, 5) is 31.4. The number of para-hydroxylation sites is 1. The third-order valence-electron chi connectivity index (χ3n) is 5.22. The number of carbonyl (C=O) groups is 2. The van der Waals surface area contributed by atoms with Gasteiger partial charge in [0.05, 0.1) is 18.8 Å². The molecule has 0 unspecified atom stereocenters. The van der Waals surface area contributed by atoms with E-state index in [0.29, 0.717) is 35.6 Å². The summed E-state index contributed by atoms with van der Waals surface area (Å²) >= 11 is 0. The first-order chi connectivity index (χ1) is 14.1. The van der Waals surface area contributed by atoms with Gasteiger partial charge in [-0.2, -0.15) is 0 Å². The van der Waals surface area contributed by atoms with Crippen LogP contribution in [-0.2, 0) is 16.9 Å². The summed E-state index contributed by atoms with van der Waals surface area (Å²) in [5, 5.41) is 2.85. The van der Waals surface area contributed by atoms with Crippen LogP contribution in [-0.4, -0.2) is 28.4 Å². The summed E-state index contributed by atoms with van der Waals surface area (Å²) in [7, 11) is 0. The Balaban J connectivity index is 1.42. The number of ether oxygens (including phenoxy) is 1. The van der Waals surface area contributed by atoms with E-state index in [9.17, 15) is 14.0 Å². The number of aromatic nitrogens is 1. The molecule has 3 heterocycles. The van der Waals surface area contributed by atoms with Gasteiger partial charge in [-0.05, 0) is 30.3 Å². The first-order valence-corrected chi connectivity index (χ1v) is 9.14. The van der Waals surface area contributed by atoms with Gasteiger partial charge < -0.3 is 14.5 Å². The summed E-state index contributed by atoms with van der Waals surface area (Å²) in [6.07, 6.45) is 1.74. The van der Waals surface area contributed by atoms with Crippen LogP contribution < -0.4 is 10.1 Å². The van der Waals surface area contributed by atoms with Gasteiger partial charge in [-0.25, -0.2) is 14.2 Å². The molecule has 29 heavy (non-hydrogen) atoms. The fourth-order valence-corrected chi connectivity index (χ4v) is 3.78. The first-order valence-electron chi connectivity index (χ1n) is 9.14. The number of amides is 3. The van der Waals surface area contributed by atoms with Crippen LogP contribution in [0.25, 0.3) is 11.5 Å². The van der Waals surface area contributed by atoms with E-state index in [0.717, 1.165) is 4.90 Å². The molecule has 1 aromatic heterocycles. The highest BCUT2D eigenvalue weighted by atomic mass is 19.1. The topological polar surface area (TPSA) is 84.7 Å². The summed E-state index contributed by atoms with van der Waals surface area (Å²) in [6, 6.07) is 12.4. The Morgan fingerprint density at radius 1 is 1.14 bits per heavy atom. The lowest BCUT2D eigenvalue weighted by molar-refractivity contribution is -0.133. The van der Waals surface area contributed by atoms with E-state index in [1.807, 2.05) is 12.1 Å². The maximum Gasteiger partial charge on any atom is 0.325 e. The van der Waals surface area contributed by atoms with Crippen molar-refractivity contribution in [2.75, 3.05) is 6.61 Å². The standard InChI is InChI=1S/C21H16FN3O4/c22-14-7-5-13(6-8-14)18-23-15(12-29-18)11-25-19(26)21(24-20(25)27)9-10-28-17-4-2-1-3-16(17)21/h1-8,12H,9-11H2,(H,24,27)/t21-/m0/s1. The molecule has 1 spiro atoms. The molecule has 1 atom stereocenters.